The fourth-order valence-corrected chi connectivity index (χ4v) is 2.60. The van der Waals surface area contributed by atoms with Gasteiger partial charge in [-0.25, -0.2) is 0 Å². The van der Waals surface area contributed by atoms with E-state index in [1.54, 1.807) is 0 Å². The molecule has 116 valence electrons. The first kappa shape index (κ1) is 14.8. The van der Waals surface area contributed by atoms with Crippen LogP contribution in [0.2, 0.25) is 0 Å². The SMILES string of the molecule is CCC1=NO[C@H](CN(C)Cc2cc(-c3ccccc3)no2)C1. The van der Waals surface area contributed by atoms with Gasteiger partial charge >= 0.3 is 0 Å². The molecule has 5 heteroatoms. The molecule has 2 heterocycles. The molecule has 3 rings (SSSR count). The van der Waals surface area contributed by atoms with E-state index in [1.807, 2.05) is 36.4 Å². The highest BCUT2D eigenvalue weighted by atomic mass is 16.6. The van der Waals surface area contributed by atoms with Crippen LogP contribution >= 0.6 is 0 Å². The molecule has 2 aromatic rings. The molecule has 0 N–H and O–H groups in total. The van der Waals surface area contributed by atoms with Crippen LogP contribution in [0.25, 0.3) is 11.3 Å². The first-order valence-corrected chi connectivity index (χ1v) is 7.65. The number of aromatic nitrogens is 1. The molecule has 1 aromatic carbocycles. The third-order valence-corrected chi connectivity index (χ3v) is 3.77. The first-order valence-electron chi connectivity index (χ1n) is 7.65. The molecule has 0 saturated carbocycles. The molecule has 22 heavy (non-hydrogen) atoms. The number of rotatable bonds is 6. The highest BCUT2D eigenvalue weighted by Gasteiger charge is 2.21. The molecule has 0 aliphatic carbocycles. The van der Waals surface area contributed by atoms with E-state index in [0.29, 0.717) is 6.54 Å². The van der Waals surface area contributed by atoms with E-state index < -0.39 is 0 Å². The zero-order chi connectivity index (χ0) is 15.4. The van der Waals surface area contributed by atoms with E-state index in [2.05, 4.69) is 29.2 Å². The van der Waals surface area contributed by atoms with E-state index in [-0.39, 0.29) is 6.10 Å². The molecule has 0 saturated heterocycles. The fraction of sp³-hybridized carbons (Fsp3) is 0.412. The highest BCUT2D eigenvalue weighted by molar-refractivity contribution is 5.85. The van der Waals surface area contributed by atoms with Crippen molar-refractivity contribution < 1.29 is 9.36 Å². The molecule has 0 amide bonds. The van der Waals surface area contributed by atoms with Gasteiger partial charge in [-0.15, -0.1) is 0 Å². The van der Waals surface area contributed by atoms with Gasteiger partial charge in [0.1, 0.15) is 11.8 Å². The van der Waals surface area contributed by atoms with Crippen molar-refractivity contribution in [3.63, 3.8) is 0 Å². The number of oxime groups is 1. The summed E-state index contributed by atoms with van der Waals surface area (Å²) in [5, 5.41) is 8.23. The van der Waals surface area contributed by atoms with E-state index in [1.165, 1.54) is 0 Å². The summed E-state index contributed by atoms with van der Waals surface area (Å²) in [6.45, 7) is 3.64. The lowest BCUT2D eigenvalue weighted by atomic mass is 10.1. The van der Waals surface area contributed by atoms with Crippen molar-refractivity contribution in [2.45, 2.75) is 32.4 Å². The van der Waals surface area contributed by atoms with Crippen LogP contribution in [0, 0.1) is 0 Å². The summed E-state index contributed by atoms with van der Waals surface area (Å²) in [7, 11) is 2.05. The van der Waals surface area contributed by atoms with E-state index in [0.717, 1.165) is 42.1 Å². The average molecular weight is 299 g/mol. The van der Waals surface area contributed by atoms with Crippen LogP contribution in [0.15, 0.2) is 46.1 Å². The third-order valence-electron chi connectivity index (χ3n) is 3.77. The Balaban J connectivity index is 1.54. The number of benzene rings is 1. The van der Waals surface area contributed by atoms with Gasteiger partial charge in [0.05, 0.1) is 12.3 Å². The van der Waals surface area contributed by atoms with Gasteiger partial charge in [0.25, 0.3) is 0 Å². The lowest BCUT2D eigenvalue weighted by molar-refractivity contribution is 0.0557. The summed E-state index contributed by atoms with van der Waals surface area (Å²) < 4.78 is 5.44. The summed E-state index contributed by atoms with van der Waals surface area (Å²) in [5.74, 6) is 0.857. The minimum Gasteiger partial charge on any atom is -0.391 e. The maximum absolute atomic E-state index is 5.44. The van der Waals surface area contributed by atoms with Crippen LogP contribution in [0.4, 0.5) is 0 Å². The summed E-state index contributed by atoms with van der Waals surface area (Å²) in [6, 6.07) is 12.0. The second-order valence-corrected chi connectivity index (χ2v) is 5.68. The van der Waals surface area contributed by atoms with Crippen LogP contribution in [0.5, 0.6) is 0 Å². The van der Waals surface area contributed by atoms with Crippen molar-refractivity contribution in [2.24, 2.45) is 5.16 Å². The predicted octanol–water partition coefficient (Wildman–Crippen LogP) is 3.33. The predicted molar refractivity (Wildman–Crippen MR) is 85.5 cm³/mol. The summed E-state index contributed by atoms with van der Waals surface area (Å²) in [4.78, 5) is 7.61. The van der Waals surface area contributed by atoms with Gasteiger partial charge in [-0.3, -0.25) is 4.90 Å². The molecule has 0 spiro atoms. The Bertz CT molecular complexity index is 636. The first-order chi connectivity index (χ1) is 10.7. The molecule has 5 nitrogen and oxygen atoms in total. The van der Waals surface area contributed by atoms with Gasteiger partial charge in [0.15, 0.2) is 5.76 Å². The van der Waals surface area contributed by atoms with Gasteiger partial charge < -0.3 is 9.36 Å². The summed E-state index contributed by atoms with van der Waals surface area (Å²) in [5.41, 5.74) is 3.09. The molecule has 0 bridgehead atoms. The van der Waals surface area contributed by atoms with Crippen molar-refractivity contribution in [3.05, 3.63) is 42.2 Å². The average Bonchev–Trinajstić information content (AvgIpc) is 3.17. The zero-order valence-electron chi connectivity index (χ0n) is 13.0. The van der Waals surface area contributed by atoms with Crippen molar-refractivity contribution in [3.8, 4) is 11.3 Å². The van der Waals surface area contributed by atoms with Gasteiger partial charge in [-0.1, -0.05) is 47.6 Å². The highest BCUT2D eigenvalue weighted by Crippen LogP contribution is 2.20. The van der Waals surface area contributed by atoms with E-state index >= 15 is 0 Å². The lowest BCUT2D eigenvalue weighted by Crippen LogP contribution is -2.28. The monoisotopic (exact) mass is 299 g/mol. The lowest BCUT2D eigenvalue weighted by Gasteiger charge is -2.17. The fourth-order valence-electron chi connectivity index (χ4n) is 2.60. The van der Waals surface area contributed by atoms with Gasteiger partial charge in [0.2, 0.25) is 0 Å². The van der Waals surface area contributed by atoms with Gasteiger partial charge in [-0.2, -0.15) is 0 Å². The Morgan fingerprint density at radius 3 is 2.82 bits per heavy atom. The minimum absolute atomic E-state index is 0.150. The normalized spacial score (nSPS) is 17.6. The molecule has 0 fully saturated rings. The maximum atomic E-state index is 5.44. The van der Waals surface area contributed by atoms with Crippen LogP contribution in [0.3, 0.4) is 0 Å². The Hall–Kier alpha value is -2.14. The van der Waals surface area contributed by atoms with Gasteiger partial charge in [0, 0.05) is 24.6 Å². The summed E-state index contributed by atoms with van der Waals surface area (Å²) >= 11 is 0. The standard InChI is InChI=1S/C17H21N3O2/c1-3-14-9-15(21-18-14)11-20(2)12-16-10-17(19-22-16)13-7-5-4-6-8-13/h4-8,10,15H,3,9,11-12H2,1-2H3/t15-/m0/s1. The third kappa shape index (κ3) is 3.54. The molecule has 1 aliphatic heterocycles. The van der Waals surface area contributed by atoms with Crippen LogP contribution < -0.4 is 0 Å². The Morgan fingerprint density at radius 1 is 1.27 bits per heavy atom. The van der Waals surface area contributed by atoms with Crippen molar-refractivity contribution >= 4 is 5.71 Å². The van der Waals surface area contributed by atoms with E-state index in [9.17, 15) is 0 Å². The van der Waals surface area contributed by atoms with Crippen LogP contribution in [-0.2, 0) is 11.4 Å². The molecule has 1 atom stereocenters. The van der Waals surface area contributed by atoms with Crippen molar-refractivity contribution in [1.82, 2.24) is 10.1 Å². The second kappa shape index (κ2) is 6.75. The van der Waals surface area contributed by atoms with Crippen LogP contribution in [0.1, 0.15) is 25.5 Å². The Kier molecular flexibility index (Phi) is 4.53. The molecular weight excluding hydrogens is 278 g/mol. The molecular formula is C17H21N3O2. The molecule has 1 aromatic heterocycles. The minimum atomic E-state index is 0.150. The summed E-state index contributed by atoms with van der Waals surface area (Å²) in [6.07, 6.45) is 2.03. The maximum Gasteiger partial charge on any atom is 0.151 e. The number of hydrogen-bond acceptors (Lipinski definition) is 5. The topological polar surface area (TPSA) is 50.9 Å². The zero-order valence-corrected chi connectivity index (χ0v) is 13.0. The van der Waals surface area contributed by atoms with Crippen molar-refractivity contribution in [1.29, 1.82) is 0 Å². The quantitative estimate of drug-likeness (QED) is 0.821. The second-order valence-electron chi connectivity index (χ2n) is 5.68. The molecule has 0 unspecified atom stereocenters. The van der Waals surface area contributed by atoms with E-state index in [4.69, 9.17) is 9.36 Å². The van der Waals surface area contributed by atoms with Gasteiger partial charge in [-0.05, 0) is 13.5 Å². The number of likely N-dealkylation sites (N-methyl/N-ethyl adjacent to an activating group) is 1. The Morgan fingerprint density at radius 2 is 2.09 bits per heavy atom. The molecule has 0 radical (unpaired) electrons. The van der Waals surface area contributed by atoms with Crippen LogP contribution in [-0.4, -0.2) is 35.5 Å². The number of hydrogen-bond donors (Lipinski definition) is 0. The molecule has 1 aliphatic rings. The largest absolute Gasteiger partial charge is 0.391 e. The number of nitrogens with zero attached hydrogens (tertiary/aromatic N) is 3. The smallest absolute Gasteiger partial charge is 0.151 e. The van der Waals surface area contributed by atoms with Crippen molar-refractivity contribution in [2.75, 3.05) is 13.6 Å². The Labute approximate surface area is 130 Å².